The van der Waals surface area contributed by atoms with E-state index >= 15 is 0 Å². The summed E-state index contributed by atoms with van der Waals surface area (Å²) in [5.41, 5.74) is 4.24. The first-order valence-corrected chi connectivity index (χ1v) is 11.2. The highest BCUT2D eigenvalue weighted by molar-refractivity contribution is 5.96. The maximum atomic E-state index is 12.8. The minimum atomic E-state index is 0.0767. The summed E-state index contributed by atoms with van der Waals surface area (Å²) in [5, 5.41) is 0. The van der Waals surface area contributed by atoms with E-state index in [4.69, 9.17) is 9.72 Å². The van der Waals surface area contributed by atoms with Crippen LogP contribution in [-0.2, 0) is 11.3 Å². The van der Waals surface area contributed by atoms with E-state index in [0.29, 0.717) is 19.6 Å². The van der Waals surface area contributed by atoms with Crippen LogP contribution >= 0.6 is 0 Å². The van der Waals surface area contributed by atoms with Crippen molar-refractivity contribution in [3.63, 3.8) is 0 Å². The number of fused-ring (bicyclic) bond motifs is 1. The van der Waals surface area contributed by atoms with Gasteiger partial charge in [0.05, 0.1) is 17.6 Å². The number of rotatable bonds is 7. The first kappa shape index (κ1) is 20.3. The number of aryl methyl sites for hydroxylation is 2. The zero-order chi connectivity index (χ0) is 21.9. The quantitative estimate of drug-likeness (QED) is 0.376. The SMILES string of the molecule is Cc1cccc(OCCCn2c([C@@H]3CC(=O)N(c4ccccc4)C3)nc3ccccc32)c1. The van der Waals surface area contributed by atoms with Gasteiger partial charge in [0.1, 0.15) is 11.6 Å². The lowest BCUT2D eigenvalue weighted by Crippen LogP contribution is -2.24. The largest absolute Gasteiger partial charge is 0.494 e. The van der Waals surface area contributed by atoms with Gasteiger partial charge in [-0.1, -0.05) is 42.5 Å². The lowest BCUT2D eigenvalue weighted by atomic mass is 10.1. The van der Waals surface area contributed by atoms with E-state index in [2.05, 4.69) is 29.7 Å². The summed E-state index contributed by atoms with van der Waals surface area (Å²) < 4.78 is 8.24. The molecule has 0 spiro atoms. The lowest BCUT2D eigenvalue weighted by molar-refractivity contribution is -0.117. The van der Waals surface area contributed by atoms with Gasteiger partial charge >= 0.3 is 0 Å². The maximum Gasteiger partial charge on any atom is 0.227 e. The van der Waals surface area contributed by atoms with Crippen LogP contribution in [0.1, 0.15) is 30.1 Å². The second kappa shape index (κ2) is 8.87. The van der Waals surface area contributed by atoms with Crippen LogP contribution in [0.25, 0.3) is 11.0 Å². The Morgan fingerprint density at radius 3 is 2.66 bits per heavy atom. The number of aromatic nitrogens is 2. The van der Waals surface area contributed by atoms with E-state index in [1.807, 2.05) is 65.6 Å². The first-order chi connectivity index (χ1) is 15.7. The summed E-state index contributed by atoms with van der Waals surface area (Å²) in [6, 6.07) is 26.2. The van der Waals surface area contributed by atoms with Gasteiger partial charge in [0, 0.05) is 31.1 Å². The van der Waals surface area contributed by atoms with Crippen LogP contribution in [0.15, 0.2) is 78.9 Å². The van der Waals surface area contributed by atoms with E-state index in [9.17, 15) is 4.79 Å². The summed E-state index contributed by atoms with van der Waals surface area (Å²) in [4.78, 5) is 19.6. The predicted octanol–water partition coefficient (Wildman–Crippen LogP) is 5.33. The van der Waals surface area contributed by atoms with E-state index < -0.39 is 0 Å². The second-order valence-corrected chi connectivity index (χ2v) is 8.37. The fourth-order valence-corrected chi connectivity index (χ4v) is 4.50. The highest BCUT2D eigenvalue weighted by Crippen LogP contribution is 2.33. The van der Waals surface area contributed by atoms with Crippen LogP contribution in [0.2, 0.25) is 0 Å². The Morgan fingerprint density at radius 1 is 1.00 bits per heavy atom. The molecule has 1 aromatic heterocycles. The molecule has 5 nitrogen and oxygen atoms in total. The number of ether oxygens (including phenoxy) is 1. The van der Waals surface area contributed by atoms with Crippen molar-refractivity contribution in [3.8, 4) is 5.75 Å². The number of benzene rings is 3. The standard InChI is InChI=1S/C27H27N3O2/c1-20-9-7-12-23(17-20)32-16-8-15-29-25-14-6-5-13-24(25)28-27(29)21-18-26(31)30(19-21)22-10-3-2-4-11-22/h2-7,9-14,17,21H,8,15-16,18-19H2,1H3/t21-/m1/s1. The molecule has 0 unspecified atom stereocenters. The highest BCUT2D eigenvalue weighted by Gasteiger charge is 2.34. The molecule has 0 aliphatic carbocycles. The van der Waals surface area contributed by atoms with Crippen LogP contribution in [0.4, 0.5) is 5.69 Å². The van der Waals surface area contributed by atoms with Gasteiger partial charge in [-0.15, -0.1) is 0 Å². The van der Waals surface area contributed by atoms with Crippen LogP contribution in [0.3, 0.4) is 0 Å². The van der Waals surface area contributed by atoms with Gasteiger partial charge in [-0.25, -0.2) is 4.98 Å². The Morgan fingerprint density at radius 2 is 1.81 bits per heavy atom. The van der Waals surface area contributed by atoms with Crippen molar-refractivity contribution in [2.24, 2.45) is 0 Å². The number of carbonyl (C=O) groups excluding carboxylic acids is 1. The van der Waals surface area contributed by atoms with E-state index in [-0.39, 0.29) is 11.8 Å². The summed E-state index contributed by atoms with van der Waals surface area (Å²) in [7, 11) is 0. The number of anilines is 1. The van der Waals surface area contributed by atoms with Crippen molar-refractivity contribution in [3.05, 3.63) is 90.3 Å². The van der Waals surface area contributed by atoms with Gasteiger partial charge in [-0.05, 0) is 55.3 Å². The van der Waals surface area contributed by atoms with Gasteiger partial charge in [0.25, 0.3) is 0 Å². The number of para-hydroxylation sites is 3. The van der Waals surface area contributed by atoms with Gasteiger partial charge < -0.3 is 14.2 Å². The molecule has 162 valence electrons. The molecule has 1 atom stereocenters. The molecule has 0 radical (unpaired) electrons. The zero-order valence-electron chi connectivity index (χ0n) is 18.3. The van der Waals surface area contributed by atoms with Crippen molar-refractivity contribution in [2.75, 3.05) is 18.1 Å². The third-order valence-electron chi connectivity index (χ3n) is 6.03. The summed E-state index contributed by atoms with van der Waals surface area (Å²) in [6.07, 6.45) is 1.35. The lowest BCUT2D eigenvalue weighted by Gasteiger charge is -2.17. The third-order valence-corrected chi connectivity index (χ3v) is 6.03. The average Bonchev–Trinajstić information content (AvgIpc) is 3.38. The summed E-state index contributed by atoms with van der Waals surface area (Å²) in [6.45, 7) is 4.16. The first-order valence-electron chi connectivity index (χ1n) is 11.2. The average molecular weight is 426 g/mol. The zero-order valence-corrected chi connectivity index (χ0v) is 18.3. The molecule has 0 bridgehead atoms. The number of hydrogen-bond donors (Lipinski definition) is 0. The number of hydrogen-bond acceptors (Lipinski definition) is 3. The summed E-state index contributed by atoms with van der Waals surface area (Å²) >= 11 is 0. The van der Waals surface area contributed by atoms with Crippen LogP contribution in [-0.4, -0.2) is 28.6 Å². The molecule has 2 heterocycles. The highest BCUT2D eigenvalue weighted by atomic mass is 16.5. The smallest absolute Gasteiger partial charge is 0.227 e. The van der Waals surface area contributed by atoms with E-state index in [1.54, 1.807) is 0 Å². The normalized spacial score (nSPS) is 16.1. The second-order valence-electron chi connectivity index (χ2n) is 8.37. The molecule has 1 amide bonds. The number of nitrogens with zero attached hydrogens (tertiary/aromatic N) is 3. The number of carbonyl (C=O) groups is 1. The van der Waals surface area contributed by atoms with Gasteiger partial charge in [-0.2, -0.15) is 0 Å². The molecule has 5 rings (SSSR count). The van der Waals surface area contributed by atoms with Crippen molar-refractivity contribution < 1.29 is 9.53 Å². The molecular weight excluding hydrogens is 398 g/mol. The van der Waals surface area contributed by atoms with Crippen LogP contribution in [0.5, 0.6) is 5.75 Å². The number of imidazole rings is 1. The van der Waals surface area contributed by atoms with Gasteiger partial charge in [0.2, 0.25) is 5.91 Å². The van der Waals surface area contributed by atoms with Crippen LogP contribution < -0.4 is 9.64 Å². The van der Waals surface area contributed by atoms with Crippen molar-refractivity contribution in [1.29, 1.82) is 0 Å². The van der Waals surface area contributed by atoms with E-state index in [0.717, 1.165) is 41.3 Å². The Balaban J connectivity index is 1.34. The minimum absolute atomic E-state index is 0.0767. The monoisotopic (exact) mass is 425 g/mol. The predicted molar refractivity (Wildman–Crippen MR) is 127 cm³/mol. The summed E-state index contributed by atoms with van der Waals surface area (Å²) in [5.74, 6) is 2.13. The fourth-order valence-electron chi connectivity index (χ4n) is 4.50. The van der Waals surface area contributed by atoms with Crippen molar-refractivity contribution in [1.82, 2.24) is 9.55 Å². The fraction of sp³-hybridized carbons (Fsp3) is 0.259. The Kier molecular flexibility index (Phi) is 5.63. The molecule has 3 aromatic carbocycles. The molecule has 1 aliphatic heterocycles. The van der Waals surface area contributed by atoms with Gasteiger partial charge in [-0.3, -0.25) is 4.79 Å². The van der Waals surface area contributed by atoms with Crippen molar-refractivity contribution >= 4 is 22.6 Å². The Bertz CT molecular complexity index is 1230. The van der Waals surface area contributed by atoms with Crippen LogP contribution in [0, 0.1) is 6.92 Å². The number of amides is 1. The van der Waals surface area contributed by atoms with Gasteiger partial charge in [0.15, 0.2) is 0 Å². The molecule has 5 heteroatoms. The topological polar surface area (TPSA) is 47.4 Å². The molecular formula is C27H27N3O2. The Labute approximate surface area is 188 Å². The maximum absolute atomic E-state index is 12.8. The minimum Gasteiger partial charge on any atom is -0.494 e. The molecule has 4 aromatic rings. The molecule has 1 saturated heterocycles. The van der Waals surface area contributed by atoms with Crippen molar-refractivity contribution in [2.45, 2.75) is 32.2 Å². The Hall–Kier alpha value is -3.60. The molecule has 1 fully saturated rings. The molecule has 1 aliphatic rings. The third kappa shape index (κ3) is 4.11. The van der Waals surface area contributed by atoms with E-state index in [1.165, 1.54) is 5.56 Å². The molecule has 0 N–H and O–H groups in total. The molecule has 0 saturated carbocycles. The molecule has 32 heavy (non-hydrogen) atoms.